The number of benzene rings is 1. The fourth-order valence-corrected chi connectivity index (χ4v) is 3.52. The summed E-state index contributed by atoms with van der Waals surface area (Å²) in [5.41, 5.74) is 4.71. The van der Waals surface area contributed by atoms with Gasteiger partial charge in [-0.15, -0.1) is 11.3 Å². The number of aryl methyl sites for hydroxylation is 2. The molecule has 5 heteroatoms. The first-order valence-corrected chi connectivity index (χ1v) is 8.68. The second-order valence-electron chi connectivity index (χ2n) is 5.98. The number of aromatic amines is 1. The van der Waals surface area contributed by atoms with Crippen molar-refractivity contribution in [1.29, 1.82) is 0 Å². The Morgan fingerprint density at radius 2 is 2.09 bits per heavy atom. The highest BCUT2D eigenvalue weighted by Crippen LogP contribution is 2.27. The van der Waals surface area contributed by atoms with Gasteiger partial charge in [-0.2, -0.15) is 5.10 Å². The Bertz CT molecular complexity index is 775. The van der Waals surface area contributed by atoms with Gasteiger partial charge >= 0.3 is 0 Å². The molecule has 0 amide bonds. The van der Waals surface area contributed by atoms with Crippen LogP contribution < -0.4 is 5.32 Å². The molecule has 0 saturated carbocycles. The van der Waals surface area contributed by atoms with Crippen LogP contribution in [-0.4, -0.2) is 21.2 Å². The van der Waals surface area contributed by atoms with Crippen LogP contribution in [0.5, 0.6) is 0 Å². The molecular weight excluding hydrogens is 304 g/mol. The number of rotatable bonds is 6. The van der Waals surface area contributed by atoms with Gasteiger partial charge in [0.1, 0.15) is 5.01 Å². The zero-order valence-electron chi connectivity index (χ0n) is 13.8. The Hall–Kier alpha value is -1.98. The summed E-state index contributed by atoms with van der Waals surface area (Å²) in [6.45, 7) is 7.18. The number of aromatic nitrogens is 3. The van der Waals surface area contributed by atoms with Gasteiger partial charge in [0.25, 0.3) is 0 Å². The topological polar surface area (TPSA) is 53.6 Å². The molecule has 3 rings (SSSR count). The van der Waals surface area contributed by atoms with Crippen LogP contribution in [0.4, 0.5) is 0 Å². The second-order valence-corrected chi connectivity index (χ2v) is 7.09. The number of H-pyrrole nitrogens is 1. The molecule has 0 aliphatic rings. The Morgan fingerprint density at radius 1 is 1.26 bits per heavy atom. The summed E-state index contributed by atoms with van der Waals surface area (Å²) in [6.07, 6.45) is 2.90. The number of hydrogen-bond donors (Lipinski definition) is 2. The third-order valence-electron chi connectivity index (χ3n) is 3.83. The maximum atomic E-state index is 4.57. The van der Waals surface area contributed by atoms with Crippen LogP contribution in [-0.2, 0) is 13.0 Å². The smallest absolute Gasteiger partial charge is 0.123 e. The average molecular weight is 326 g/mol. The van der Waals surface area contributed by atoms with Gasteiger partial charge in [0.05, 0.1) is 5.69 Å². The number of nitrogens with zero attached hydrogens (tertiary/aromatic N) is 2. The van der Waals surface area contributed by atoms with Crippen molar-refractivity contribution in [3.05, 3.63) is 58.4 Å². The highest BCUT2D eigenvalue weighted by Gasteiger charge is 2.09. The Morgan fingerprint density at radius 3 is 2.83 bits per heavy atom. The van der Waals surface area contributed by atoms with Gasteiger partial charge in [0, 0.05) is 41.3 Å². The minimum Gasteiger partial charge on any atom is -0.309 e. The molecule has 120 valence electrons. The quantitative estimate of drug-likeness (QED) is 0.723. The van der Waals surface area contributed by atoms with Crippen LogP contribution in [0, 0.1) is 13.8 Å². The van der Waals surface area contributed by atoms with Crippen LogP contribution in [0.2, 0.25) is 0 Å². The second kappa shape index (κ2) is 7.06. The first-order chi connectivity index (χ1) is 11.1. The Labute approximate surface area is 141 Å². The summed E-state index contributed by atoms with van der Waals surface area (Å²) in [7, 11) is 0. The van der Waals surface area contributed by atoms with E-state index in [1.54, 1.807) is 11.3 Å². The van der Waals surface area contributed by atoms with Crippen LogP contribution in [0.1, 0.15) is 28.8 Å². The normalized spacial score (nSPS) is 12.5. The van der Waals surface area contributed by atoms with Crippen molar-refractivity contribution in [2.24, 2.45) is 0 Å². The molecule has 23 heavy (non-hydrogen) atoms. The van der Waals surface area contributed by atoms with E-state index in [1.807, 2.05) is 13.1 Å². The molecule has 0 spiro atoms. The van der Waals surface area contributed by atoms with Crippen LogP contribution in [0.25, 0.3) is 10.6 Å². The summed E-state index contributed by atoms with van der Waals surface area (Å²) in [4.78, 5) is 5.83. The van der Waals surface area contributed by atoms with E-state index >= 15 is 0 Å². The van der Waals surface area contributed by atoms with E-state index in [2.05, 4.69) is 64.7 Å². The number of thiazole rings is 1. The van der Waals surface area contributed by atoms with Gasteiger partial charge in [0.2, 0.25) is 0 Å². The predicted octanol–water partition coefficient (Wildman–Crippen LogP) is 3.87. The molecular formula is C18H22N4S. The van der Waals surface area contributed by atoms with E-state index < -0.39 is 0 Å². The molecule has 1 atom stereocenters. The van der Waals surface area contributed by atoms with E-state index in [1.165, 1.54) is 16.0 Å². The number of nitrogens with one attached hydrogen (secondary N) is 2. The lowest BCUT2D eigenvalue weighted by molar-refractivity contribution is 0.542. The summed E-state index contributed by atoms with van der Waals surface area (Å²) < 4.78 is 0. The fourth-order valence-electron chi connectivity index (χ4n) is 2.57. The molecule has 2 N–H and O–H groups in total. The first-order valence-electron chi connectivity index (χ1n) is 7.87. The third kappa shape index (κ3) is 4.06. The molecule has 2 aromatic heterocycles. The lowest BCUT2D eigenvalue weighted by atomic mass is 10.1. The minimum atomic E-state index is 0.377. The molecule has 1 aromatic carbocycles. The van der Waals surface area contributed by atoms with Crippen LogP contribution >= 0.6 is 11.3 Å². The standard InChI is InChI=1S/C18H22N4S/c1-12-6-4-5-7-17(12)18-20-11-16(23-18)10-19-13(2)8-15-9-14(3)21-22-15/h4-7,9,11,13,19H,8,10H2,1-3H3,(H,21,22)/t13-/m1/s1. The first kappa shape index (κ1) is 15.9. The van der Waals surface area contributed by atoms with Gasteiger partial charge in [-0.1, -0.05) is 24.3 Å². The van der Waals surface area contributed by atoms with Crippen molar-refractivity contribution in [3.8, 4) is 10.6 Å². The molecule has 0 saturated heterocycles. The lowest BCUT2D eigenvalue weighted by Crippen LogP contribution is -2.27. The predicted molar refractivity (Wildman–Crippen MR) is 95.6 cm³/mol. The zero-order chi connectivity index (χ0) is 16.2. The highest BCUT2D eigenvalue weighted by molar-refractivity contribution is 7.15. The Kier molecular flexibility index (Phi) is 4.88. The van der Waals surface area contributed by atoms with Crippen molar-refractivity contribution < 1.29 is 0 Å². The van der Waals surface area contributed by atoms with E-state index in [0.717, 1.165) is 29.4 Å². The summed E-state index contributed by atoms with van der Waals surface area (Å²) in [6, 6.07) is 10.9. The number of hydrogen-bond acceptors (Lipinski definition) is 4. The minimum absolute atomic E-state index is 0.377. The summed E-state index contributed by atoms with van der Waals surface area (Å²) in [5.74, 6) is 0. The highest BCUT2D eigenvalue weighted by atomic mass is 32.1. The van der Waals surface area contributed by atoms with E-state index in [0.29, 0.717) is 6.04 Å². The van der Waals surface area contributed by atoms with Gasteiger partial charge in [-0.05, 0) is 32.4 Å². The molecule has 3 aromatic rings. The molecule has 0 bridgehead atoms. The lowest BCUT2D eigenvalue weighted by Gasteiger charge is -2.11. The molecule has 0 unspecified atom stereocenters. The average Bonchev–Trinajstić information content (AvgIpc) is 3.15. The fraction of sp³-hybridized carbons (Fsp3) is 0.333. The van der Waals surface area contributed by atoms with Gasteiger partial charge in [-0.3, -0.25) is 5.10 Å². The van der Waals surface area contributed by atoms with Crippen LogP contribution in [0.3, 0.4) is 0 Å². The molecule has 0 fully saturated rings. The van der Waals surface area contributed by atoms with Crippen molar-refractivity contribution in [3.63, 3.8) is 0 Å². The summed E-state index contributed by atoms with van der Waals surface area (Å²) >= 11 is 1.76. The molecule has 0 radical (unpaired) electrons. The van der Waals surface area contributed by atoms with Gasteiger partial charge in [0.15, 0.2) is 0 Å². The monoisotopic (exact) mass is 326 g/mol. The van der Waals surface area contributed by atoms with Crippen molar-refractivity contribution in [2.75, 3.05) is 0 Å². The van der Waals surface area contributed by atoms with E-state index in [4.69, 9.17) is 0 Å². The molecule has 0 aliphatic heterocycles. The molecule has 2 heterocycles. The largest absolute Gasteiger partial charge is 0.309 e. The van der Waals surface area contributed by atoms with E-state index in [-0.39, 0.29) is 0 Å². The SMILES string of the molecule is Cc1cc(C[C@@H](C)NCc2cnc(-c3ccccc3C)s2)n[nH]1. The summed E-state index contributed by atoms with van der Waals surface area (Å²) in [5, 5.41) is 11.9. The van der Waals surface area contributed by atoms with E-state index in [9.17, 15) is 0 Å². The van der Waals surface area contributed by atoms with Crippen LogP contribution in [0.15, 0.2) is 36.5 Å². The van der Waals surface area contributed by atoms with Crippen molar-refractivity contribution in [1.82, 2.24) is 20.5 Å². The van der Waals surface area contributed by atoms with Gasteiger partial charge in [-0.25, -0.2) is 4.98 Å². The van der Waals surface area contributed by atoms with Crippen molar-refractivity contribution in [2.45, 2.75) is 39.8 Å². The maximum Gasteiger partial charge on any atom is 0.123 e. The maximum absolute atomic E-state index is 4.57. The van der Waals surface area contributed by atoms with Crippen molar-refractivity contribution >= 4 is 11.3 Å². The van der Waals surface area contributed by atoms with Gasteiger partial charge < -0.3 is 5.32 Å². The molecule has 4 nitrogen and oxygen atoms in total. The zero-order valence-corrected chi connectivity index (χ0v) is 14.6. The third-order valence-corrected chi connectivity index (χ3v) is 4.86. The molecule has 0 aliphatic carbocycles. The Balaban J connectivity index is 1.58.